The second-order valence-corrected chi connectivity index (χ2v) is 3.65. The summed E-state index contributed by atoms with van der Waals surface area (Å²) < 4.78 is 26.9. The molecule has 2 rings (SSSR count). The Morgan fingerprint density at radius 1 is 1.12 bits per heavy atom. The number of hydrogen-bond donors (Lipinski definition) is 1. The van der Waals surface area contributed by atoms with E-state index in [1.54, 1.807) is 6.07 Å². The number of halogens is 3. The summed E-state index contributed by atoms with van der Waals surface area (Å²) in [5, 5.41) is 0.361. The maximum atomic E-state index is 13.4. The van der Waals surface area contributed by atoms with Crippen molar-refractivity contribution in [3.63, 3.8) is 0 Å². The molecular formula is C11H7ClF2N2. The lowest BCUT2D eigenvalue weighted by Crippen LogP contribution is -1.96. The highest BCUT2D eigenvalue weighted by Crippen LogP contribution is 2.32. The molecule has 16 heavy (non-hydrogen) atoms. The first-order valence-corrected chi connectivity index (χ1v) is 4.82. The predicted octanol–water partition coefficient (Wildman–Crippen LogP) is 3.26. The fraction of sp³-hybridized carbons (Fsp3) is 0. The predicted molar refractivity (Wildman–Crippen MR) is 59.0 cm³/mol. The van der Waals surface area contributed by atoms with Crippen LogP contribution in [0, 0.1) is 11.6 Å². The first-order chi connectivity index (χ1) is 7.59. The number of pyridine rings is 1. The summed E-state index contributed by atoms with van der Waals surface area (Å²) in [6, 6.07) is 4.47. The Bertz CT molecular complexity index is 523. The average Bonchev–Trinajstić information content (AvgIpc) is 2.23. The van der Waals surface area contributed by atoms with E-state index in [2.05, 4.69) is 4.98 Å². The van der Waals surface area contributed by atoms with Crippen molar-refractivity contribution < 1.29 is 8.78 Å². The van der Waals surface area contributed by atoms with Crippen LogP contribution in [0.2, 0.25) is 5.02 Å². The minimum Gasteiger partial charge on any atom is -0.398 e. The van der Waals surface area contributed by atoms with E-state index < -0.39 is 11.6 Å². The molecule has 0 atom stereocenters. The van der Waals surface area contributed by atoms with Crippen molar-refractivity contribution in [2.45, 2.75) is 0 Å². The Morgan fingerprint density at radius 3 is 2.38 bits per heavy atom. The number of hydrogen-bond acceptors (Lipinski definition) is 2. The topological polar surface area (TPSA) is 38.9 Å². The van der Waals surface area contributed by atoms with E-state index in [-0.39, 0.29) is 16.8 Å². The summed E-state index contributed by atoms with van der Waals surface area (Å²) in [7, 11) is 0. The summed E-state index contributed by atoms with van der Waals surface area (Å²) in [6.07, 6.45) is 1.86. The number of rotatable bonds is 1. The van der Waals surface area contributed by atoms with Gasteiger partial charge in [-0.15, -0.1) is 0 Å². The molecule has 0 aliphatic rings. The molecule has 5 heteroatoms. The zero-order valence-corrected chi connectivity index (χ0v) is 8.80. The van der Waals surface area contributed by atoms with Crippen LogP contribution >= 0.6 is 11.6 Å². The van der Waals surface area contributed by atoms with E-state index in [9.17, 15) is 8.78 Å². The standard InChI is InChI=1S/C11H7ClF2N2/c12-6-1-2-10(15)7(3-6)11-8(13)4-16-5-9(11)14/h1-5H,15H2. The lowest BCUT2D eigenvalue weighted by atomic mass is 10.0. The molecule has 0 aliphatic carbocycles. The third kappa shape index (κ3) is 1.84. The number of nitrogen functional groups attached to an aromatic ring is 1. The fourth-order valence-electron chi connectivity index (χ4n) is 1.41. The van der Waals surface area contributed by atoms with Gasteiger partial charge < -0.3 is 5.73 Å². The van der Waals surface area contributed by atoms with Gasteiger partial charge in [-0.1, -0.05) is 11.6 Å². The van der Waals surface area contributed by atoms with Crippen LogP contribution < -0.4 is 5.73 Å². The minimum absolute atomic E-state index is 0.213. The SMILES string of the molecule is Nc1ccc(Cl)cc1-c1c(F)cncc1F. The quantitative estimate of drug-likeness (QED) is 0.777. The van der Waals surface area contributed by atoms with Gasteiger partial charge in [0.1, 0.15) is 0 Å². The lowest BCUT2D eigenvalue weighted by molar-refractivity contribution is 0.579. The molecule has 0 radical (unpaired) electrons. The third-order valence-electron chi connectivity index (χ3n) is 2.14. The van der Waals surface area contributed by atoms with Crippen molar-refractivity contribution in [2.75, 3.05) is 5.73 Å². The van der Waals surface area contributed by atoms with Gasteiger partial charge in [0.15, 0.2) is 11.6 Å². The smallest absolute Gasteiger partial charge is 0.152 e. The van der Waals surface area contributed by atoms with Gasteiger partial charge in [-0.05, 0) is 18.2 Å². The highest BCUT2D eigenvalue weighted by atomic mass is 35.5. The van der Waals surface area contributed by atoms with E-state index in [1.807, 2.05) is 0 Å². The van der Waals surface area contributed by atoms with E-state index in [4.69, 9.17) is 17.3 Å². The largest absolute Gasteiger partial charge is 0.398 e. The molecule has 2 nitrogen and oxygen atoms in total. The molecule has 2 N–H and O–H groups in total. The maximum Gasteiger partial charge on any atom is 0.152 e. The zero-order chi connectivity index (χ0) is 11.7. The monoisotopic (exact) mass is 240 g/mol. The summed E-state index contributed by atoms with van der Waals surface area (Å²) in [4.78, 5) is 3.40. The van der Waals surface area contributed by atoms with Crippen molar-refractivity contribution in [1.29, 1.82) is 0 Å². The summed E-state index contributed by atoms with van der Waals surface area (Å²) >= 11 is 5.76. The van der Waals surface area contributed by atoms with Gasteiger partial charge in [0.05, 0.1) is 18.0 Å². The second-order valence-electron chi connectivity index (χ2n) is 3.21. The first-order valence-electron chi connectivity index (χ1n) is 4.44. The van der Waals surface area contributed by atoms with Gasteiger partial charge in [0.25, 0.3) is 0 Å². The molecule has 1 aromatic carbocycles. The number of anilines is 1. The Hall–Kier alpha value is -1.68. The van der Waals surface area contributed by atoms with Crippen LogP contribution in [-0.2, 0) is 0 Å². The van der Waals surface area contributed by atoms with Gasteiger partial charge in [0, 0.05) is 16.3 Å². The number of aromatic nitrogens is 1. The van der Waals surface area contributed by atoms with Crippen LogP contribution in [0.15, 0.2) is 30.6 Å². The second kappa shape index (κ2) is 4.06. The molecule has 0 saturated heterocycles. The van der Waals surface area contributed by atoms with E-state index in [1.165, 1.54) is 12.1 Å². The van der Waals surface area contributed by atoms with Gasteiger partial charge in [-0.25, -0.2) is 8.78 Å². The van der Waals surface area contributed by atoms with Crippen LogP contribution in [0.4, 0.5) is 14.5 Å². The van der Waals surface area contributed by atoms with E-state index in [0.29, 0.717) is 5.02 Å². The molecule has 2 aromatic rings. The summed E-state index contributed by atoms with van der Waals surface area (Å²) in [5.41, 5.74) is 5.92. The zero-order valence-electron chi connectivity index (χ0n) is 8.05. The number of nitrogens with two attached hydrogens (primary N) is 1. The molecule has 0 fully saturated rings. The lowest BCUT2D eigenvalue weighted by Gasteiger charge is -2.08. The highest BCUT2D eigenvalue weighted by Gasteiger charge is 2.14. The molecule has 0 bridgehead atoms. The molecule has 1 aromatic heterocycles. The van der Waals surface area contributed by atoms with Crippen LogP contribution in [0.5, 0.6) is 0 Å². The van der Waals surface area contributed by atoms with Crippen molar-refractivity contribution in [1.82, 2.24) is 4.98 Å². The molecule has 0 aliphatic heterocycles. The number of nitrogens with zero attached hydrogens (tertiary/aromatic N) is 1. The molecule has 0 amide bonds. The van der Waals surface area contributed by atoms with Crippen LogP contribution in [-0.4, -0.2) is 4.98 Å². The van der Waals surface area contributed by atoms with E-state index in [0.717, 1.165) is 12.4 Å². The summed E-state index contributed by atoms with van der Waals surface area (Å²) in [6.45, 7) is 0. The Balaban J connectivity index is 2.72. The minimum atomic E-state index is -0.769. The Kier molecular flexibility index (Phi) is 2.75. The molecule has 82 valence electrons. The Labute approximate surface area is 95.7 Å². The maximum absolute atomic E-state index is 13.4. The van der Waals surface area contributed by atoms with Gasteiger partial charge in [-0.3, -0.25) is 4.98 Å². The molecular weight excluding hydrogens is 234 g/mol. The van der Waals surface area contributed by atoms with Gasteiger partial charge in [0.2, 0.25) is 0 Å². The first kappa shape index (κ1) is 10.8. The molecule has 1 heterocycles. The van der Waals surface area contributed by atoms with Crippen molar-refractivity contribution >= 4 is 17.3 Å². The van der Waals surface area contributed by atoms with Crippen LogP contribution in [0.25, 0.3) is 11.1 Å². The van der Waals surface area contributed by atoms with Gasteiger partial charge >= 0.3 is 0 Å². The average molecular weight is 241 g/mol. The van der Waals surface area contributed by atoms with Crippen LogP contribution in [0.3, 0.4) is 0 Å². The molecule has 0 unspecified atom stereocenters. The van der Waals surface area contributed by atoms with Gasteiger partial charge in [-0.2, -0.15) is 0 Å². The van der Waals surface area contributed by atoms with E-state index >= 15 is 0 Å². The van der Waals surface area contributed by atoms with Crippen molar-refractivity contribution in [3.8, 4) is 11.1 Å². The van der Waals surface area contributed by atoms with Crippen molar-refractivity contribution in [3.05, 3.63) is 47.2 Å². The van der Waals surface area contributed by atoms with Crippen LogP contribution in [0.1, 0.15) is 0 Å². The Morgan fingerprint density at radius 2 is 1.75 bits per heavy atom. The summed E-state index contributed by atoms with van der Waals surface area (Å²) in [5.74, 6) is -1.54. The van der Waals surface area contributed by atoms with Crippen molar-refractivity contribution in [2.24, 2.45) is 0 Å². The highest BCUT2D eigenvalue weighted by molar-refractivity contribution is 6.31. The molecule has 0 saturated carbocycles. The fourth-order valence-corrected chi connectivity index (χ4v) is 1.59. The third-order valence-corrected chi connectivity index (χ3v) is 2.37. The molecule has 0 spiro atoms. The number of benzene rings is 1. The normalized spacial score (nSPS) is 10.4.